The van der Waals surface area contributed by atoms with Gasteiger partial charge in [-0.05, 0) is 6.92 Å². The van der Waals surface area contributed by atoms with Crippen LogP contribution in [0.4, 0.5) is 0 Å². The van der Waals surface area contributed by atoms with Crippen LogP contribution in [0.15, 0.2) is 0 Å². The molecular formula is C8H11N3O2. The first kappa shape index (κ1) is 9.52. The second-order valence-electron chi connectivity index (χ2n) is 3.06. The number of hydrogen-bond acceptors (Lipinski definition) is 3. The maximum Gasteiger partial charge on any atom is 0.246 e. The van der Waals surface area contributed by atoms with Crippen molar-refractivity contribution >= 4 is 11.8 Å². The van der Waals surface area contributed by atoms with E-state index in [9.17, 15) is 9.59 Å². The topological polar surface area (TPSA) is 73.0 Å². The summed E-state index contributed by atoms with van der Waals surface area (Å²) in [6, 6.07) is 1.15. The summed E-state index contributed by atoms with van der Waals surface area (Å²) >= 11 is 0. The van der Waals surface area contributed by atoms with Crippen LogP contribution >= 0.6 is 0 Å². The Kier molecular flexibility index (Phi) is 2.52. The Balaban J connectivity index is 2.41. The monoisotopic (exact) mass is 181 g/mol. The van der Waals surface area contributed by atoms with Gasteiger partial charge in [-0.3, -0.25) is 9.59 Å². The van der Waals surface area contributed by atoms with E-state index < -0.39 is 6.04 Å². The zero-order chi connectivity index (χ0) is 10.0. The molecule has 0 aromatic rings. The highest BCUT2D eigenvalue weighted by Crippen LogP contribution is 2.17. The zero-order valence-corrected chi connectivity index (χ0v) is 7.57. The first-order valence-electron chi connectivity index (χ1n) is 4.03. The van der Waals surface area contributed by atoms with Gasteiger partial charge in [0, 0.05) is 6.92 Å². The van der Waals surface area contributed by atoms with Gasteiger partial charge in [0.25, 0.3) is 0 Å². The number of carbonyl (C=O) groups is 2. The molecule has 2 atom stereocenters. The summed E-state index contributed by atoms with van der Waals surface area (Å²) in [5, 5.41) is 10.9. The first-order chi connectivity index (χ1) is 6.06. The standard InChI is InChI=1S/C8H11N3O2/c1-5(10-6(2)12)8(13)11-4-7(11)3-9/h5,7H,4H2,1-2H3,(H,10,12). The van der Waals surface area contributed by atoms with Gasteiger partial charge < -0.3 is 10.2 Å². The van der Waals surface area contributed by atoms with Gasteiger partial charge in [0.1, 0.15) is 12.1 Å². The second kappa shape index (κ2) is 3.44. The molecule has 5 heteroatoms. The van der Waals surface area contributed by atoms with Gasteiger partial charge in [0.05, 0.1) is 12.6 Å². The summed E-state index contributed by atoms with van der Waals surface area (Å²) in [7, 11) is 0. The fraction of sp³-hybridized carbons (Fsp3) is 0.625. The van der Waals surface area contributed by atoms with Crippen molar-refractivity contribution in [2.24, 2.45) is 0 Å². The minimum absolute atomic E-state index is 0.193. The highest BCUT2D eigenvalue weighted by Gasteiger charge is 2.40. The van der Waals surface area contributed by atoms with E-state index in [2.05, 4.69) is 5.32 Å². The number of rotatable bonds is 2. The molecule has 1 aliphatic rings. The molecule has 5 nitrogen and oxygen atoms in total. The number of amides is 2. The lowest BCUT2D eigenvalue weighted by Crippen LogP contribution is -2.40. The van der Waals surface area contributed by atoms with Crippen LogP contribution in [0.25, 0.3) is 0 Å². The van der Waals surface area contributed by atoms with Crippen LogP contribution in [0.2, 0.25) is 0 Å². The SMILES string of the molecule is CC(=O)NC(C)C(=O)N1CC1C#N. The zero-order valence-electron chi connectivity index (χ0n) is 7.57. The summed E-state index contributed by atoms with van der Waals surface area (Å²) in [6.07, 6.45) is 0. The Morgan fingerprint density at radius 1 is 1.69 bits per heavy atom. The summed E-state index contributed by atoms with van der Waals surface area (Å²) in [5.74, 6) is -0.432. The van der Waals surface area contributed by atoms with Gasteiger partial charge in [-0.2, -0.15) is 5.26 Å². The minimum Gasteiger partial charge on any atom is -0.345 e. The van der Waals surface area contributed by atoms with E-state index in [0.717, 1.165) is 0 Å². The predicted octanol–water partition coefficient (Wildman–Crippen LogP) is -0.755. The Morgan fingerprint density at radius 3 is 2.69 bits per heavy atom. The smallest absolute Gasteiger partial charge is 0.246 e. The number of nitriles is 1. The van der Waals surface area contributed by atoms with Crippen molar-refractivity contribution in [2.75, 3.05) is 6.54 Å². The fourth-order valence-corrected chi connectivity index (χ4v) is 1.11. The third-order valence-electron chi connectivity index (χ3n) is 1.83. The van der Waals surface area contributed by atoms with Crippen LogP contribution in [0, 0.1) is 11.3 Å². The Bertz CT molecular complexity index is 282. The van der Waals surface area contributed by atoms with Gasteiger partial charge >= 0.3 is 0 Å². The first-order valence-corrected chi connectivity index (χ1v) is 4.03. The summed E-state index contributed by atoms with van der Waals surface area (Å²) in [6.45, 7) is 3.45. The van der Waals surface area contributed by atoms with Crippen LogP contribution in [0.3, 0.4) is 0 Å². The molecule has 0 saturated carbocycles. The molecule has 1 fully saturated rings. The third kappa shape index (κ3) is 2.18. The van der Waals surface area contributed by atoms with Crippen molar-refractivity contribution in [3.8, 4) is 6.07 Å². The molecule has 0 aliphatic carbocycles. The van der Waals surface area contributed by atoms with Crippen molar-refractivity contribution in [2.45, 2.75) is 25.9 Å². The van der Waals surface area contributed by atoms with Crippen molar-refractivity contribution in [3.05, 3.63) is 0 Å². The number of carbonyl (C=O) groups excluding carboxylic acids is 2. The van der Waals surface area contributed by atoms with Crippen LogP contribution < -0.4 is 5.32 Å². The molecule has 0 aromatic heterocycles. The molecule has 0 spiro atoms. The Morgan fingerprint density at radius 2 is 2.31 bits per heavy atom. The average Bonchev–Trinajstić information content (AvgIpc) is 2.80. The van der Waals surface area contributed by atoms with Crippen LogP contribution in [0.5, 0.6) is 0 Å². The normalized spacial score (nSPS) is 21.6. The molecule has 1 aliphatic heterocycles. The van der Waals surface area contributed by atoms with Crippen molar-refractivity contribution in [1.29, 1.82) is 5.26 Å². The second-order valence-corrected chi connectivity index (χ2v) is 3.06. The molecule has 1 saturated heterocycles. The highest BCUT2D eigenvalue weighted by molar-refractivity contribution is 5.88. The van der Waals surface area contributed by atoms with Crippen LogP contribution in [-0.2, 0) is 9.59 Å². The number of hydrogen-bond donors (Lipinski definition) is 1. The quantitative estimate of drug-likeness (QED) is 0.569. The molecule has 13 heavy (non-hydrogen) atoms. The van der Waals surface area contributed by atoms with Gasteiger partial charge in [-0.1, -0.05) is 0 Å². The van der Waals surface area contributed by atoms with E-state index in [-0.39, 0.29) is 17.9 Å². The molecule has 0 aromatic carbocycles. The average molecular weight is 181 g/mol. The van der Waals surface area contributed by atoms with Crippen LogP contribution in [0.1, 0.15) is 13.8 Å². The lowest BCUT2D eigenvalue weighted by molar-refractivity contribution is -0.131. The lowest BCUT2D eigenvalue weighted by atomic mass is 10.3. The van der Waals surface area contributed by atoms with E-state index in [1.54, 1.807) is 6.92 Å². The van der Waals surface area contributed by atoms with Gasteiger partial charge in [-0.15, -0.1) is 0 Å². The van der Waals surface area contributed by atoms with Crippen LogP contribution in [-0.4, -0.2) is 35.3 Å². The molecule has 1 rings (SSSR count). The molecule has 0 bridgehead atoms. The maximum atomic E-state index is 11.4. The Labute approximate surface area is 76.3 Å². The third-order valence-corrected chi connectivity index (χ3v) is 1.83. The van der Waals surface area contributed by atoms with Gasteiger partial charge in [-0.25, -0.2) is 0 Å². The maximum absolute atomic E-state index is 11.4. The molecule has 1 heterocycles. The highest BCUT2D eigenvalue weighted by atomic mass is 16.2. The largest absolute Gasteiger partial charge is 0.345 e. The molecule has 0 radical (unpaired) electrons. The predicted molar refractivity (Wildman–Crippen MR) is 44.4 cm³/mol. The molecular weight excluding hydrogens is 170 g/mol. The fourth-order valence-electron chi connectivity index (χ4n) is 1.11. The van der Waals surface area contributed by atoms with E-state index >= 15 is 0 Å². The molecule has 70 valence electrons. The summed E-state index contributed by atoms with van der Waals surface area (Å²) < 4.78 is 0. The lowest BCUT2D eigenvalue weighted by Gasteiger charge is -2.11. The minimum atomic E-state index is -0.532. The number of nitrogens with one attached hydrogen (secondary N) is 1. The Hall–Kier alpha value is -1.57. The molecule has 2 unspecified atom stereocenters. The van der Waals surface area contributed by atoms with E-state index in [1.165, 1.54) is 11.8 Å². The number of nitrogens with zero attached hydrogens (tertiary/aromatic N) is 2. The van der Waals surface area contributed by atoms with Crippen molar-refractivity contribution < 1.29 is 9.59 Å². The van der Waals surface area contributed by atoms with Gasteiger partial charge in [0.15, 0.2) is 0 Å². The molecule has 1 N–H and O–H groups in total. The molecule has 2 amide bonds. The van der Waals surface area contributed by atoms with E-state index in [1.807, 2.05) is 6.07 Å². The summed E-state index contributed by atoms with van der Waals surface area (Å²) in [5.41, 5.74) is 0. The van der Waals surface area contributed by atoms with Crippen molar-refractivity contribution in [1.82, 2.24) is 10.2 Å². The van der Waals surface area contributed by atoms with Gasteiger partial charge in [0.2, 0.25) is 11.8 Å². The van der Waals surface area contributed by atoms with E-state index in [4.69, 9.17) is 5.26 Å². The summed E-state index contributed by atoms with van der Waals surface area (Å²) in [4.78, 5) is 23.4. The van der Waals surface area contributed by atoms with E-state index in [0.29, 0.717) is 6.54 Å². The van der Waals surface area contributed by atoms with Crippen molar-refractivity contribution in [3.63, 3.8) is 0 Å².